The molecule has 0 unspecified atom stereocenters. The van der Waals surface area contributed by atoms with Crippen molar-refractivity contribution >= 4 is 43.6 Å². The topological polar surface area (TPSA) is 62.7 Å². The van der Waals surface area contributed by atoms with E-state index in [2.05, 4.69) is 126 Å². The van der Waals surface area contributed by atoms with E-state index in [-0.39, 0.29) is 21.1 Å². The maximum absolute atomic E-state index is 6.33. The molecule has 9 rings (SSSR count). The van der Waals surface area contributed by atoms with Crippen molar-refractivity contribution in [3.63, 3.8) is 0 Å². The van der Waals surface area contributed by atoms with Gasteiger partial charge in [-0.1, -0.05) is 53.2 Å². The third kappa shape index (κ3) is 4.88. The van der Waals surface area contributed by atoms with Crippen LogP contribution in [0.1, 0.15) is 22.3 Å². The minimum absolute atomic E-state index is 0. The normalized spacial score (nSPS) is 11.5. The molecule has 0 aliphatic rings. The van der Waals surface area contributed by atoms with Gasteiger partial charge in [0.05, 0.1) is 22.9 Å². The van der Waals surface area contributed by atoms with Crippen LogP contribution in [0.15, 0.2) is 110 Å². The number of pyridine rings is 1. The van der Waals surface area contributed by atoms with Gasteiger partial charge in [0.15, 0.2) is 0 Å². The van der Waals surface area contributed by atoms with E-state index >= 15 is 0 Å². The summed E-state index contributed by atoms with van der Waals surface area (Å²) in [5.41, 5.74) is 11.3. The van der Waals surface area contributed by atoms with E-state index in [0.29, 0.717) is 11.5 Å². The minimum Gasteiger partial charge on any atom is -0.509 e. The van der Waals surface area contributed by atoms with Gasteiger partial charge in [-0.05, 0) is 73.2 Å². The van der Waals surface area contributed by atoms with Crippen LogP contribution in [0.4, 0.5) is 0 Å². The predicted molar refractivity (Wildman–Crippen MR) is 191 cm³/mol. The number of nitrogens with zero attached hydrogens (tertiary/aromatic N) is 6. The van der Waals surface area contributed by atoms with Crippen molar-refractivity contribution in [3.8, 4) is 28.7 Å². The minimum atomic E-state index is 0. The molecule has 0 amide bonds. The Morgan fingerprint density at radius 1 is 0.633 bits per heavy atom. The molecule has 5 aromatic carbocycles. The number of hydrogen-bond donors (Lipinski definition) is 0. The SMILES string of the molecule is Cc1ccc2c3ccc(C)c(C)c3n(-c3ccnc(-n4c5[c-]c(Oc6[c-]c(-n7ccnn7)ccc6)ccc5c5ccccc54)c3)c2c1C.[Pt+2]. The van der Waals surface area contributed by atoms with Crippen molar-refractivity contribution in [2.75, 3.05) is 0 Å². The molecule has 9 aromatic rings. The monoisotopic (exact) mass is 817 g/mol. The maximum Gasteiger partial charge on any atom is 2.00 e. The first-order valence-electron chi connectivity index (χ1n) is 16.0. The molecule has 0 aliphatic heterocycles. The summed E-state index contributed by atoms with van der Waals surface area (Å²) in [5.74, 6) is 1.94. The summed E-state index contributed by atoms with van der Waals surface area (Å²) >= 11 is 0. The number of aryl methyl sites for hydroxylation is 4. The fraction of sp³-hybridized carbons (Fsp3) is 0.0976. The zero-order valence-corrected chi connectivity index (χ0v) is 29.6. The molecule has 0 N–H and O–H groups in total. The fourth-order valence-corrected chi connectivity index (χ4v) is 6.91. The van der Waals surface area contributed by atoms with Gasteiger partial charge >= 0.3 is 21.1 Å². The molecule has 240 valence electrons. The van der Waals surface area contributed by atoms with Crippen molar-refractivity contribution in [2.45, 2.75) is 27.7 Å². The Morgan fingerprint density at radius 3 is 2.08 bits per heavy atom. The van der Waals surface area contributed by atoms with Crippen LogP contribution in [0, 0.1) is 39.8 Å². The van der Waals surface area contributed by atoms with Gasteiger partial charge < -0.3 is 13.9 Å². The number of aromatic nitrogens is 6. The molecule has 0 radical (unpaired) electrons. The van der Waals surface area contributed by atoms with Crippen LogP contribution >= 0.6 is 0 Å². The van der Waals surface area contributed by atoms with E-state index < -0.39 is 0 Å². The zero-order chi connectivity index (χ0) is 32.5. The molecule has 0 saturated heterocycles. The summed E-state index contributed by atoms with van der Waals surface area (Å²) in [4.78, 5) is 4.95. The number of rotatable bonds is 5. The first kappa shape index (κ1) is 30.8. The van der Waals surface area contributed by atoms with E-state index in [1.165, 1.54) is 44.1 Å². The Kier molecular flexibility index (Phi) is 7.46. The zero-order valence-electron chi connectivity index (χ0n) is 27.3. The number of ether oxygens (including phenoxy) is 1. The summed E-state index contributed by atoms with van der Waals surface area (Å²) in [5, 5.41) is 12.7. The molecule has 4 aromatic heterocycles. The quantitative estimate of drug-likeness (QED) is 0.163. The molecule has 4 heterocycles. The molecule has 8 heteroatoms. The second-order valence-electron chi connectivity index (χ2n) is 12.3. The largest absolute Gasteiger partial charge is 2.00 e. The standard InChI is InChI=1S/C41H30N6O.Pt/c1-25-12-15-35-36-16-13-26(2)28(4)41(36)46(40(35)27(25)3)30-18-19-42-39(23-30)47-37-11-6-5-10-33(37)34-17-14-32(24-38(34)47)48-31-9-7-8-29(22-31)45-21-20-43-44-45;/h5-21,23H,1-4H3;/q-2;+2. The van der Waals surface area contributed by atoms with Crippen LogP contribution in [0.25, 0.3) is 60.8 Å². The number of hydrogen-bond acceptors (Lipinski definition) is 4. The summed E-state index contributed by atoms with van der Waals surface area (Å²) in [7, 11) is 0. The first-order chi connectivity index (χ1) is 23.5. The summed E-state index contributed by atoms with van der Waals surface area (Å²) in [6.07, 6.45) is 5.32. The Morgan fingerprint density at radius 2 is 1.35 bits per heavy atom. The molecular formula is C41H30N6OPt. The molecule has 0 saturated carbocycles. The van der Waals surface area contributed by atoms with Crippen molar-refractivity contribution in [2.24, 2.45) is 0 Å². The van der Waals surface area contributed by atoms with Gasteiger partial charge in [-0.3, -0.25) is 0 Å². The van der Waals surface area contributed by atoms with E-state index in [1.807, 2.05) is 30.5 Å². The van der Waals surface area contributed by atoms with Gasteiger partial charge in [-0.15, -0.1) is 40.8 Å². The number of benzene rings is 5. The summed E-state index contributed by atoms with van der Waals surface area (Å²) in [6.45, 7) is 8.81. The van der Waals surface area contributed by atoms with Crippen LogP contribution in [0.2, 0.25) is 0 Å². The van der Waals surface area contributed by atoms with Crippen molar-refractivity contribution in [1.82, 2.24) is 29.1 Å². The van der Waals surface area contributed by atoms with Gasteiger partial charge in [-0.2, -0.15) is 12.1 Å². The van der Waals surface area contributed by atoms with Gasteiger partial charge in [0.2, 0.25) is 0 Å². The van der Waals surface area contributed by atoms with Crippen LogP contribution in [-0.4, -0.2) is 29.1 Å². The van der Waals surface area contributed by atoms with Crippen molar-refractivity contribution in [1.29, 1.82) is 0 Å². The van der Waals surface area contributed by atoms with Crippen LogP contribution in [0.5, 0.6) is 11.5 Å². The van der Waals surface area contributed by atoms with E-state index in [0.717, 1.165) is 39.0 Å². The van der Waals surface area contributed by atoms with Gasteiger partial charge in [0.25, 0.3) is 0 Å². The Balaban J connectivity index is 0.00000348. The average Bonchev–Trinajstić information content (AvgIpc) is 3.84. The molecule has 0 aliphatic carbocycles. The van der Waals surface area contributed by atoms with Crippen LogP contribution in [0.3, 0.4) is 0 Å². The third-order valence-corrected chi connectivity index (χ3v) is 9.56. The Bertz CT molecular complexity index is 2640. The number of para-hydroxylation sites is 1. The molecule has 0 atom stereocenters. The molecule has 0 spiro atoms. The van der Waals surface area contributed by atoms with E-state index in [1.54, 1.807) is 17.1 Å². The van der Waals surface area contributed by atoms with Crippen molar-refractivity contribution < 1.29 is 25.8 Å². The first-order valence-corrected chi connectivity index (χ1v) is 16.0. The number of fused-ring (bicyclic) bond motifs is 6. The van der Waals surface area contributed by atoms with E-state index in [4.69, 9.17) is 9.72 Å². The van der Waals surface area contributed by atoms with Crippen LogP contribution in [-0.2, 0) is 21.1 Å². The van der Waals surface area contributed by atoms with Gasteiger partial charge in [0, 0.05) is 46.2 Å². The van der Waals surface area contributed by atoms with Gasteiger partial charge in [0.1, 0.15) is 5.82 Å². The summed E-state index contributed by atoms with van der Waals surface area (Å²) in [6, 6.07) is 38.3. The molecule has 7 nitrogen and oxygen atoms in total. The summed E-state index contributed by atoms with van der Waals surface area (Å²) < 4.78 is 12.6. The fourth-order valence-electron chi connectivity index (χ4n) is 6.91. The molecule has 0 bridgehead atoms. The smallest absolute Gasteiger partial charge is 0.509 e. The Labute approximate surface area is 297 Å². The molecular weight excluding hydrogens is 788 g/mol. The Hall–Kier alpha value is -5.52. The predicted octanol–water partition coefficient (Wildman–Crippen LogP) is 9.48. The second kappa shape index (κ2) is 11.9. The van der Waals surface area contributed by atoms with Crippen molar-refractivity contribution in [3.05, 3.63) is 144 Å². The van der Waals surface area contributed by atoms with Gasteiger partial charge in [-0.25, -0.2) is 9.67 Å². The molecule has 0 fully saturated rings. The second-order valence-corrected chi connectivity index (χ2v) is 12.3. The van der Waals surface area contributed by atoms with Crippen LogP contribution < -0.4 is 4.74 Å². The van der Waals surface area contributed by atoms with E-state index in [9.17, 15) is 0 Å². The molecule has 49 heavy (non-hydrogen) atoms. The average molecular weight is 818 g/mol. The maximum atomic E-state index is 6.33. The third-order valence-electron chi connectivity index (χ3n) is 9.56.